The van der Waals surface area contributed by atoms with E-state index in [4.69, 9.17) is 14.2 Å². The van der Waals surface area contributed by atoms with Crippen LogP contribution in [-0.4, -0.2) is 75.5 Å². The number of hydrogen-bond acceptors (Lipinski definition) is 7. The van der Waals surface area contributed by atoms with Gasteiger partial charge < -0.3 is 28.6 Å². The van der Waals surface area contributed by atoms with E-state index in [1.165, 1.54) is 83.5 Å². The van der Waals surface area contributed by atoms with E-state index in [9.17, 15) is 19.5 Å². The van der Waals surface area contributed by atoms with Gasteiger partial charge >= 0.3 is 11.9 Å². The van der Waals surface area contributed by atoms with Crippen LogP contribution < -0.4 is 5.11 Å². The molecule has 0 aromatic rings. The lowest BCUT2D eigenvalue weighted by Crippen LogP contribution is -2.55. The molecule has 8 heteroatoms. The molecule has 0 heterocycles. The molecule has 2 unspecified atom stereocenters. The summed E-state index contributed by atoms with van der Waals surface area (Å²) in [5.74, 6) is -1.77. The molecule has 56 heavy (non-hydrogen) atoms. The molecule has 0 spiro atoms. The Balaban J connectivity index is 4.37. The SMILES string of the molecule is CC/C=C/C/C=C/C/C=C/C/C=C/CCCCCC(=O)OC(COCCC(C(=O)[O-])[N+](C)(C)C)COC(=O)CCCCCCCCCCCCCCCCCC. The number of esters is 2. The molecule has 2 atom stereocenters. The zero-order valence-corrected chi connectivity index (χ0v) is 36.8. The molecule has 324 valence electrons. The summed E-state index contributed by atoms with van der Waals surface area (Å²) in [7, 11) is 5.39. The van der Waals surface area contributed by atoms with E-state index in [0.29, 0.717) is 6.42 Å². The van der Waals surface area contributed by atoms with Gasteiger partial charge in [0.05, 0.1) is 40.3 Å². The maximum absolute atomic E-state index is 12.7. The third-order valence-electron chi connectivity index (χ3n) is 9.98. The average molecular weight is 788 g/mol. The van der Waals surface area contributed by atoms with E-state index in [0.717, 1.165) is 70.6 Å². The lowest BCUT2D eigenvalue weighted by molar-refractivity contribution is -0.889. The van der Waals surface area contributed by atoms with Crippen LogP contribution in [0.5, 0.6) is 0 Å². The molecule has 0 amide bonds. The Morgan fingerprint density at radius 2 is 1.00 bits per heavy atom. The number of aliphatic carboxylic acids is 1. The maximum Gasteiger partial charge on any atom is 0.306 e. The van der Waals surface area contributed by atoms with Crippen molar-refractivity contribution in [3.8, 4) is 0 Å². The average Bonchev–Trinajstić information content (AvgIpc) is 3.15. The fourth-order valence-electron chi connectivity index (χ4n) is 6.47. The summed E-state index contributed by atoms with van der Waals surface area (Å²) in [6.45, 7) is 4.52. The van der Waals surface area contributed by atoms with Gasteiger partial charge in [-0.2, -0.15) is 0 Å². The van der Waals surface area contributed by atoms with Gasteiger partial charge in [0.2, 0.25) is 0 Å². The van der Waals surface area contributed by atoms with Gasteiger partial charge in [0.15, 0.2) is 6.10 Å². The van der Waals surface area contributed by atoms with Crippen LogP contribution in [0.2, 0.25) is 0 Å². The zero-order chi connectivity index (χ0) is 41.4. The molecule has 0 saturated heterocycles. The molecular formula is C48H85NO7. The van der Waals surface area contributed by atoms with Gasteiger partial charge in [-0.05, 0) is 51.4 Å². The number of carboxylic acids is 1. The van der Waals surface area contributed by atoms with Gasteiger partial charge in [-0.3, -0.25) is 9.59 Å². The summed E-state index contributed by atoms with van der Waals surface area (Å²) in [5.41, 5.74) is 0. The number of quaternary nitrogens is 1. The Morgan fingerprint density at radius 3 is 1.48 bits per heavy atom. The van der Waals surface area contributed by atoms with Crippen LogP contribution >= 0.6 is 0 Å². The fourth-order valence-corrected chi connectivity index (χ4v) is 6.47. The molecule has 0 aromatic carbocycles. The summed E-state index contributed by atoms with van der Waals surface area (Å²) in [4.78, 5) is 36.9. The van der Waals surface area contributed by atoms with Crippen LogP contribution in [0, 0.1) is 0 Å². The number of rotatable bonds is 40. The van der Waals surface area contributed by atoms with Crippen molar-refractivity contribution in [2.75, 3.05) is 41.0 Å². The second-order valence-electron chi connectivity index (χ2n) is 16.3. The minimum atomic E-state index is -1.13. The fraction of sp³-hybridized carbons (Fsp3) is 0.771. The number of nitrogens with zero attached hydrogens (tertiary/aromatic N) is 1. The van der Waals surface area contributed by atoms with Crippen molar-refractivity contribution in [3.05, 3.63) is 48.6 Å². The highest BCUT2D eigenvalue weighted by molar-refractivity contribution is 5.70. The maximum atomic E-state index is 12.7. The molecule has 0 aromatic heterocycles. The molecule has 0 aliphatic heterocycles. The van der Waals surface area contributed by atoms with Crippen molar-refractivity contribution in [2.24, 2.45) is 0 Å². The first-order chi connectivity index (χ1) is 27.1. The third-order valence-corrected chi connectivity index (χ3v) is 9.98. The van der Waals surface area contributed by atoms with E-state index in [2.05, 4.69) is 62.5 Å². The number of carboxylic acid groups (broad SMARTS) is 1. The van der Waals surface area contributed by atoms with Crippen LogP contribution in [-0.2, 0) is 28.6 Å². The normalized spacial score (nSPS) is 13.4. The molecule has 0 saturated carbocycles. The summed E-state index contributed by atoms with van der Waals surface area (Å²) in [6, 6.07) is -0.731. The van der Waals surface area contributed by atoms with Gasteiger partial charge in [-0.1, -0.05) is 165 Å². The van der Waals surface area contributed by atoms with Crippen molar-refractivity contribution in [1.29, 1.82) is 0 Å². The van der Waals surface area contributed by atoms with E-state index in [1.807, 2.05) is 0 Å². The van der Waals surface area contributed by atoms with Gasteiger partial charge in [-0.15, -0.1) is 0 Å². The molecule has 0 radical (unpaired) electrons. The van der Waals surface area contributed by atoms with Gasteiger partial charge in [0.25, 0.3) is 0 Å². The van der Waals surface area contributed by atoms with Crippen molar-refractivity contribution >= 4 is 17.9 Å². The van der Waals surface area contributed by atoms with Crippen LogP contribution in [0.4, 0.5) is 0 Å². The number of hydrogen-bond donors (Lipinski definition) is 0. The molecule has 0 aliphatic carbocycles. The third kappa shape index (κ3) is 36.9. The Morgan fingerprint density at radius 1 is 0.554 bits per heavy atom. The highest BCUT2D eigenvalue weighted by Crippen LogP contribution is 2.15. The van der Waals surface area contributed by atoms with Crippen molar-refractivity contribution in [3.63, 3.8) is 0 Å². The summed E-state index contributed by atoms with van der Waals surface area (Å²) < 4.78 is 17.1. The van der Waals surface area contributed by atoms with Gasteiger partial charge in [-0.25, -0.2) is 0 Å². The van der Waals surface area contributed by atoms with Gasteiger partial charge in [0.1, 0.15) is 12.6 Å². The van der Waals surface area contributed by atoms with Crippen molar-refractivity contribution < 1.29 is 38.2 Å². The number of carbonyl (C=O) groups is 3. The van der Waals surface area contributed by atoms with E-state index < -0.39 is 18.1 Å². The molecule has 8 nitrogen and oxygen atoms in total. The molecule has 0 bridgehead atoms. The van der Waals surface area contributed by atoms with Crippen LogP contribution in [0.25, 0.3) is 0 Å². The molecule has 0 rings (SSSR count). The van der Waals surface area contributed by atoms with Crippen LogP contribution in [0.15, 0.2) is 48.6 Å². The van der Waals surface area contributed by atoms with Crippen molar-refractivity contribution in [2.45, 2.75) is 199 Å². The summed E-state index contributed by atoms with van der Waals surface area (Å²) in [5, 5.41) is 11.6. The zero-order valence-electron chi connectivity index (χ0n) is 36.8. The first-order valence-electron chi connectivity index (χ1n) is 22.7. The van der Waals surface area contributed by atoms with E-state index >= 15 is 0 Å². The Kier molecular flexibility index (Phi) is 37.2. The number of likely N-dealkylation sites (N-methyl/N-ethyl adjacent to an activating group) is 1. The molecule has 0 aliphatic rings. The first kappa shape index (κ1) is 53.3. The van der Waals surface area contributed by atoms with E-state index in [1.54, 1.807) is 21.1 Å². The summed E-state index contributed by atoms with van der Waals surface area (Å²) in [6.07, 6.45) is 45.6. The second kappa shape index (κ2) is 39.1. The Bertz CT molecular complexity index is 1060. The monoisotopic (exact) mass is 788 g/mol. The smallest absolute Gasteiger partial charge is 0.306 e. The highest BCUT2D eigenvalue weighted by atomic mass is 16.6. The first-order valence-corrected chi connectivity index (χ1v) is 22.7. The molecule has 0 N–H and O–H groups in total. The Labute approximate surface area is 344 Å². The van der Waals surface area contributed by atoms with Crippen molar-refractivity contribution in [1.82, 2.24) is 0 Å². The number of ether oxygens (including phenoxy) is 3. The molecular weight excluding hydrogens is 703 g/mol. The predicted octanol–water partition coefficient (Wildman–Crippen LogP) is 11.1. The Hall–Kier alpha value is -2.71. The standard InChI is InChI=1S/C48H85NO7/c1-6-8-10-12-14-16-18-20-22-24-26-28-30-32-34-36-38-46(50)55-43-44(42-54-41-40-45(48(52)53)49(3,4)5)56-47(51)39-37-35-33-31-29-27-25-23-21-19-17-15-13-11-9-7-2/h9,11,15,17,21,23,27,29,44-45H,6-8,10,12-14,16,18-20,22,24-26,28,30-43H2,1-5H3/b11-9+,17-15+,23-21+,29-27+. The van der Waals surface area contributed by atoms with Gasteiger partial charge in [0, 0.05) is 19.3 Å². The quantitative estimate of drug-likeness (QED) is 0.0264. The number of carbonyl (C=O) groups excluding carboxylic acids is 3. The number of unbranched alkanes of at least 4 members (excludes halogenated alkanes) is 18. The largest absolute Gasteiger partial charge is 0.544 e. The predicted molar refractivity (Wildman–Crippen MR) is 231 cm³/mol. The minimum absolute atomic E-state index is 0.0286. The van der Waals surface area contributed by atoms with Crippen LogP contribution in [0.1, 0.15) is 187 Å². The topological polar surface area (TPSA) is 102 Å². The van der Waals surface area contributed by atoms with E-state index in [-0.39, 0.29) is 49.1 Å². The summed E-state index contributed by atoms with van der Waals surface area (Å²) >= 11 is 0. The minimum Gasteiger partial charge on any atom is -0.544 e. The second-order valence-corrected chi connectivity index (χ2v) is 16.3. The highest BCUT2D eigenvalue weighted by Gasteiger charge is 2.25. The molecule has 0 fully saturated rings. The lowest BCUT2D eigenvalue weighted by atomic mass is 10.0. The number of allylic oxidation sites excluding steroid dienone is 8. The van der Waals surface area contributed by atoms with Crippen LogP contribution in [0.3, 0.4) is 0 Å². The lowest BCUT2D eigenvalue weighted by Gasteiger charge is -2.34.